The van der Waals surface area contributed by atoms with Crippen molar-refractivity contribution in [3.05, 3.63) is 65.3 Å². The van der Waals surface area contributed by atoms with Crippen molar-refractivity contribution in [2.45, 2.75) is 26.4 Å². The summed E-state index contributed by atoms with van der Waals surface area (Å²) in [6.45, 7) is 5.04. The number of carbonyl (C=O) groups is 2. The lowest BCUT2D eigenvalue weighted by Crippen LogP contribution is -2.39. The molecule has 1 heterocycles. The number of nitrogens with one attached hydrogen (secondary N) is 2. The molecule has 4 N–H and O–H groups in total. The minimum Gasteiger partial charge on any atom is -0.459 e. The van der Waals surface area contributed by atoms with E-state index in [0.29, 0.717) is 32.9 Å². The number of hydrogen-bond acceptors (Lipinski definition) is 5. The number of halogens is 1. The molecule has 1 amide bonds. The van der Waals surface area contributed by atoms with E-state index >= 15 is 0 Å². The number of para-hydroxylation sites is 1. The van der Waals surface area contributed by atoms with Gasteiger partial charge in [-0.3, -0.25) is 19.9 Å². The summed E-state index contributed by atoms with van der Waals surface area (Å²) in [5.41, 5.74) is 5.63. The van der Waals surface area contributed by atoms with E-state index in [9.17, 15) is 9.59 Å². The van der Waals surface area contributed by atoms with E-state index in [1.807, 2.05) is 6.07 Å². The average molecular weight is 454 g/mol. The molecule has 1 aromatic heterocycles. The van der Waals surface area contributed by atoms with Gasteiger partial charge in [0.1, 0.15) is 18.0 Å². The molecule has 0 aliphatic carbocycles. The molecule has 0 bridgehead atoms. The molecule has 0 spiro atoms. The zero-order chi connectivity index (χ0) is 23.5. The monoisotopic (exact) mass is 453 g/mol. The second-order valence-electron chi connectivity index (χ2n) is 8.07. The number of guanidine groups is 1. The number of hydrogen-bond donors (Lipinski definition) is 3. The number of carbonyl (C=O) groups excluding carboxylic acids is 2. The molecule has 2 aromatic carbocycles. The summed E-state index contributed by atoms with van der Waals surface area (Å²) < 4.78 is 5.42. The predicted octanol–water partition coefficient (Wildman–Crippen LogP) is 4.18. The first kappa shape index (κ1) is 23.0. The Morgan fingerprint density at radius 3 is 2.47 bits per heavy atom. The molecule has 0 aliphatic heterocycles. The highest BCUT2D eigenvalue weighted by atomic mass is 35.5. The van der Waals surface area contributed by atoms with Gasteiger partial charge in [-0.25, -0.2) is 4.98 Å². The molecule has 0 fully saturated rings. The Morgan fingerprint density at radius 1 is 1.16 bits per heavy atom. The van der Waals surface area contributed by atoms with E-state index in [1.54, 1.807) is 63.2 Å². The molecular weight excluding hydrogens is 430 g/mol. The lowest BCUT2D eigenvalue weighted by atomic mass is 10.1. The zero-order valence-electron chi connectivity index (χ0n) is 18.0. The maximum absolute atomic E-state index is 13.5. The molecule has 8 nitrogen and oxygen atoms in total. The SMILES string of the molecule is CC(C)(C)OC(=O)CN(C(=O)c1ccc2c(Cl)cnc(NC(=N)N)c2c1)c1ccccc1. The van der Waals surface area contributed by atoms with Gasteiger partial charge in [-0.15, -0.1) is 0 Å². The Morgan fingerprint density at radius 2 is 1.84 bits per heavy atom. The lowest BCUT2D eigenvalue weighted by Gasteiger charge is -2.25. The van der Waals surface area contributed by atoms with Crippen molar-refractivity contribution < 1.29 is 14.3 Å². The topological polar surface area (TPSA) is 121 Å². The summed E-state index contributed by atoms with van der Waals surface area (Å²) in [6.07, 6.45) is 1.44. The molecule has 9 heteroatoms. The van der Waals surface area contributed by atoms with Gasteiger partial charge in [-0.2, -0.15) is 0 Å². The van der Waals surface area contributed by atoms with Crippen LogP contribution in [0.25, 0.3) is 10.8 Å². The molecule has 0 saturated carbocycles. The van der Waals surface area contributed by atoms with E-state index in [2.05, 4.69) is 10.3 Å². The standard InChI is InChI=1S/C23H24ClN5O3/c1-23(2,3)32-19(30)13-29(15-7-5-4-6-8-15)21(31)14-9-10-16-17(11-14)20(28-22(25)26)27-12-18(16)24/h4-12H,13H2,1-3H3,(H4,25,26,27,28). The number of nitrogens with zero attached hydrogens (tertiary/aromatic N) is 2. The lowest BCUT2D eigenvalue weighted by molar-refractivity contribution is -0.152. The smallest absolute Gasteiger partial charge is 0.326 e. The highest BCUT2D eigenvalue weighted by Crippen LogP contribution is 2.29. The zero-order valence-corrected chi connectivity index (χ0v) is 18.7. The third kappa shape index (κ3) is 5.53. The van der Waals surface area contributed by atoms with E-state index in [-0.39, 0.29) is 12.5 Å². The summed E-state index contributed by atoms with van der Waals surface area (Å²) >= 11 is 6.25. The number of benzene rings is 2. The minimum atomic E-state index is -0.679. The number of rotatable bonds is 5. The fourth-order valence-electron chi connectivity index (χ4n) is 3.12. The van der Waals surface area contributed by atoms with E-state index < -0.39 is 17.5 Å². The van der Waals surface area contributed by atoms with Gasteiger partial charge < -0.3 is 15.8 Å². The van der Waals surface area contributed by atoms with Crippen LogP contribution in [-0.4, -0.2) is 35.0 Å². The van der Waals surface area contributed by atoms with E-state index in [0.717, 1.165) is 0 Å². The minimum absolute atomic E-state index is 0.259. The molecule has 0 radical (unpaired) electrons. The number of ether oxygens (including phenoxy) is 1. The Hall–Kier alpha value is -3.65. The maximum atomic E-state index is 13.5. The number of pyridine rings is 1. The number of fused-ring (bicyclic) bond motifs is 1. The van der Waals surface area contributed by atoms with Gasteiger partial charge in [-0.05, 0) is 45.0 Å². The number of esters is 1. The second-order valence-corrected chi connectivity index (χ2v) is 8.47. The largest absolute Gasteiger partial charge is 0.459 e. The highest BCUT2D eigenvalue weighted by molar-refractivity contribution is 6.36. The van der Waals surface area contributed by atoms with Crippen LogP contribution >= 0.6 is 11.6 Å². The maximum Gasteiger partial charge on any atom is 0.326 e. The molecule has 0 aliphatic rings. The van der Waals surface area contributed by atoms with Crippen LogP contribution < -0.4 is 16.0 Å². The van der Waals surface area contributed by atoms with Crippen LogP contribution in [0.3, 0.4) is 0 Å². The second kappa shape index (κ2) is 9.23. The fourth-order valence-corrected chi connectivity index (χ4v) is 3.33. The number of anilines is 2. The van der Waals surface area contributed by atoms with Crippen molar-refractivity contribution in [3.63, 3.8) is 0 Å². The van der Waals surface area contributed by atoms with E-state index in [4.69, 9.17) is 27.5 Å². The first-order valence-corrected chi connectivity index (χ1v) is 10.2. The van der Waals surface area contributed by atoms with Crippen molar-refractivity contribution in [2.24, 2.45) is 5.73 Å². The molecule has 0 atom stereocenters. The van der Waals surface area contributed by atoms with E-state index in [1.165, 1.54) is 11.1 Å². The fraction of sp³-hybridized carbons (Fsp3) is 0.217. The van der Waals surface area contributed by atoms with Gasteiger partial charge in [0.2, 0.25) is 0 Å². The van der Waals surface area contributed by atoms with Gasteiger partial charge in [0.25, 0.3) is 5.91 Å². The molecular formula is C23H24ClN5O3. The Kier molecular flexibility index (Phi) is 6.64. The number of amides is 1. The van der Waals surface area contributed by atoms with Crippen molar-refractivity contribution in [1.29, 1.82) is 5.41 Å². The summed E-state index contributed by atoms with van der Waals surface area (Å²) in [5.74, 6) is -0.935. The van der Waals surface area contributed by atoms with Gasteiger partial charge >= 0.3 is 5.97 Å². The van der Waals surface area contributed by atoms with Gasteiger partial charge in [-0.1, -0.05) is 35.9 Å². The molecule has 3 rings (SSSR count). The molecule has 32 heavy (non-hydrogen) atoms. The summed E-state index contributed by atoms with van der Waals surface area (Å²) in [7, 11) is 0. The Labute approximate surface area is 190 Å². The van der Waals surface area contributed by atoms with Crippen molar-refractivity contribution in [2.75, 3.05) is 16.8 Å². The van der Waals surface area contributed by atoms with Crippen molar-refractivity contribution in [1.82, 2.24) is 4.98 Å². The molecule has 0 saturated heterocycles. The number of nitrogens with two attached hydrogens (primary N) is 1. The van der Waals surface area contributed by atoms with Crippen LogP contribution in [-0.2, 0) is 9.53 Å². The highest BCUT2D eigenvalue weighted by Gasteiger charge is 2.25. The van der Waals surface area contributed by atoms with Crippen LogP contribution in [0.4, 0.5) is 11.5 Å². The van der Waals surface area contributed by atoms with Crippen LogP contribution in [0.1, 0.15) is 31.1 Å². The Bertz CT molecular complexity index is 1180. The van der Waals surface area contributed by atoms with Gasteiger partial charge in [0.15, 0.2) is 5.96 Å². The van der Waals surface area contributed by atoms with Crippen LogP contribution in [0.5, 0.6) is 0 Å². The normalized spacial score (nSPS) is 11.1. The third-order valence-corrected chi connectivity index (χ3v) is 4.66. The van der Waals surface area contributed by atoms with Crippen LogP contribution in [0.15, 0.2) is 54.7 Å². The number of aromatic nitrogens is 1. The predicted molar refractivity (Wildman–Crippen MR) is 126 cm³/mol. The molecule has 0 unspecified atom stereocenters. The summed E-state index contributed by atoms with van der Waals surface area (Å²) in [4.78, 5) is 31.5. The Balaban J connectivity index is 2.03. The third-order valence-electron chi connectivity index (χ3n) is 4.36. The van der Waals surface area contributed by atoms with Gasteiger partial charge in [0, 0.05) is 28.2 Å². The van der Waals surface area contributed by atoms with Crippen molar-refractivity contribution >= 4 is 51.7 Å². The quantitative estimate of drug-likeness (QED) is 0.302. The van der Waals surface area contributed by atoms with Crippen molar-refractivity contribution in [3.8, 4) is 0 Å². The first-order valence-electron chi connectivity index (χ1n) is 9.83. The van der Waals surface area contributed by atoms with Crippen LogP contribution in [0, 0.1) is 5.41 Å². The average Bonchev–Trinajstić information content (AvgIpc) is 2.72. The summed E-state index contributed by atoms with van der Waals surface area (Å²) in [5, 5.41) is 11.7. The molecule has 3 aromatic rings. The first-order chi connectivity index (χ1) is 15.0. The van der Waals surface area contributed by atoms with Crippen LogP contribution in [0.2, 0.25) is 5.02 Å². The molecule has 166 valence electrons. The van der Waals surface area contributed by atoms with Gasteiger partial charge in [0.05, 0.1) is 5.02 Å². The summed E-state index contributed by atoms with van der Waals surface area (Å²) in [6, 6.07) is 13.8.